The summed E-state index contributed by atoms with van der Waals surface area (Å²) in [5.74, 6) is 2.63. The van der Waals surface area contributed by atoms with Crippen LogP contribution in [0.5, 0.6) is 11.5 Å². The van der Waals surface area contributed by atoms with E-state index in [2.05, 4.69) is 58.8 Å². The van der Waals surface area contributed by atoms with E-state index in [1.54, 1.807) is 13.2 Å². The number of benzene rings is 3. The molecule has 1 amide bonds. The fourth-order valence-electron chi connectivity index (χ4n) is 6.21. The van der Waals surface area contributed by atoms with Crippen molar-refractivity contribution in [2.24, 2.45) is 5.92 Å². The van der Waals surface area contributed by atoms with Crippen LogP contribution in [0.2, 0.25) is 0 Å². The van der Waals surface area contributed by atoms with Gasteiger partial charge in [0.25, 0.3) is 0 Å². The molecule has 40 heavy (non-hydrogen) atoms. The van der Waals surface area contributed by atoms with Crippen LogP contribution in [-0.4, -0.2) is 30.4 Å². The van der Waals surface area contributed by atoms with Crippen molar-refractivity contribution in [1.29, 1.82) is 0 Å². The molecule has 3 aliphatic heterocycles. The number of ether oxygens (including phenoxy) is 2. The van der Waals surface area contributed by atoms with Gasteiger partial charge in [-0.15, -0.1) is 0 Å². The molecule has 1 fully saturated rings. The lowest BCUT2D eigenvalue weighted by Crippen LogP contribution is -2.28. The van der Waals surface area contributed by atoms with Gasteiger partial charge in [0, 0.05) is 41.8 Å². The monoisotopic (exact) mass is 536 g/mol. The number of nitrogens with one attached hydrogen (secondary N) is 1. The molecule has 2 atom stereocenters. The first-order valence-corrected chi connectivity index (χ1v) is 14.6. The van der Waals surface area contributed by atoms with Crippen molar-refractivity contribution in [3.05, 3.63) is 102 Å². The van der Waals surface area contributed by atoms with Gasteiger partial charge in [-0.05, 0) is 80.1 Å². The number of likely N-dealkylation sites (tertiary alicyclic amines) is 1. The van der Waals surface area contributed by atoms with Crippen molar-refractivity contribution in [2.75, 3.05) is 25.0 Å². The van der Waals surface area contributed by atoms with E-state index in [0.29, 0.717) is 11.8 Å². The molecular formula is C35H40N2O3. The molecule has 1 saturated heterocycles. The van der Waals surface area contributed by atoms with Crippen LogP contribution in [0.1, 0.15) is 63.5 Å². The summed E-state index contributed by atoms with van der Waals surface area (Å²) < 4.78 is 11.9. The number of hydrogen-bond donors (Lipinski definition) is 1. The Kier molecular flexibility index (Phi) is 9.02. The Labute approximate surface area is 238 Å². The van der Waals surface area contributed by atoms with Gasteiger partial charge in [-0.1, -0.05) is 62.4 Å². The predicted octanol–water partition coefficient (Wildman–Crippen LogP) is 8.50. The summed E-state index contributed by atoms with van der Waals surface area (Å²) in [6, 6.07) is 23.0. The topological polar surface area (TPSA) is 50.8 Å². The third-order valence-corrected chi connectivity index (χ3v) is 7.92. The van der Waals surface area contributed by atoms with Crippen LogP contribution in [-0.2, 0) is 9.53 Å². The van der Waals surface area contributed by atoms with E-state index in [-0.39, 0.29) is 5.91 Å². The molecule has 5 heteroatoms. The van der Waals surface area contributed by atoms with Gasteiger partial charge in [0.2, 0.25) is 5.91 Å². The number of hydrogen-bond acceptors (Lipinski definition) is 4. The summed E-state index contributed by atoms with van der Waals surface area (Å²) >= 11 is 0. The SMILES string of the molecule is CC.CC(=O)Nc1ccccc1-c1ccc2c(c1)Oc1ccccc1C2C1CCCN(CC2=COC=CC2)CC1. The minimum absolute atomic E-state index is 0.0770. The molecule has 6 rings (SSSR count). The largest absolute Gasteiger partial charge is 0.473 e. The van der Waals surface area contributed by atoms with Crippen LogP contribution in [0.15, 0.2) is 90.9 Å². The fourth-order valence-corrected chi connectivity index (χ4v) is 6.21. The Morgan fingerprint density at radius 2 is 1.75 bits per heavy atom. The van der Waals surface area contributed by atoms with E-state index in [1.165, 1.54) is 29.5 Å². The number of carbonyl (C=O) groups is 1. The van der Waals surface area contributed by atoms with Gasteiger partial charge in [-0.25, -0.2) is 0 Å². The highest BCUT2D eigenvalue weighted by Crippen LogP contribution is 2.50. The summed E-state index contributed by atoms with van der Waals surface area (Å²) in [6.45, 7) is 8.73. The van der Waals surface area contributed by atoms with Gasteiger partial charge in [0.05, 0.1) is 12.5 Å². The number of para-hydroxylation sites is 2. The Morgan fingerprint density at radius 3 is 2.58 bits per heavy atom. The standard InChI is InChI=1S/C33H34N2O3.C2H6/c1-23(36)34-30-12-4-2-10-27(30)26-14-15-29-32(20-26)38-31-13-5-3-11-28(31)33(29)25-9-6-17-35(18-16-25)21-24-8-7-19-37-22-24;1-2/h2-5,7,10-15,19-20,22,25,33H,6,8-9,16-18,21H2,1H3,(H,34,36);1-2H3. The molecule has 0 spiro atoms. The second-order valence-electron chi connectivity index (χ2n) is 10.6. The number of carbonyl (C=O) groups excluding carboxylic acids is 1. The third-order valence-electron chi connectivity index (χ3n) is 7.92. The van der Waals surface area contributed by atoms with Crippen molar-refractivity contribution in [3.8, 4) is 22.6 Å². The van der Waals surface area contributed by atoms with E-state index in [4.69, 9.17) is 9.47 Å². The van der Waals surface area contributed by atoms with Crippen LogP contribution >= 0.6 is 0 Å². The van der Waals surface area contributed by atoms with Crippen LogP contribution in [0.3, 0.4) is 0 Å². The normalized spacial score (nSPS) is 19.8. The number of allylic oxidation sites excluding steroid dienone is 1. The van der Waals surface area contributed by atoms with Crippen LogP contribution in [0.25, 0.3) is 11.1 Å². The molecule has 3 aromatic rings. The van der Waals surface area contributed by atoms with E-state index in [9.17, 15) is 4.79 Å². The second-order valence-corrected chi connectivity index (χ2v) is 10.6. The fraction of sp³-hybridized carbons (Fsp3) is 0.343. The van der Waals surface area contributed by atoms with E-state index >= 15 is 0 Å². The van der Waals surface area contributed by atoms with Crippen molar-refractivity contribution >= 4 is 11.6 Å². The number of amides is 1. The predicted molar refractivity (Wildman–Crippen MR) is 163 cm³/mol. The van der Waals surface area contributed by atoms with Crippen molar-refractivity contribution in [1.82, 2.24) is 4.90 Å². The Hall–Kier alpha value is -3.83. The summed E-state index contributed by atoms with van der Waals surface area (Å²) in [4.78, 5) is 14.4. The molecular weight excluding hydrogens is 496 g/mol. The lowest BCUT2D eigenvalue weighted by molar-refractivity contribution is -0.114. The molecule has 3 heterocycles. The molecule has 3 aromatic carbocycles. The minimum atomic E-state index is -0.0770. The molecule has 0 aliphatic carbocycles. The molecule has 1 N–H and O–H groups in total. The third kappa shape index (κ3) is 6.15. The number of rotatable bonds is 5. The van der Waals surface area contributed by atoms with Gasteiger partial charge in [0.1, 0.15) is 11.5 Å². The second kappa shape index (κ2) is 13.0. The average Bonchev–Trinajstić information content (AvgIpc) is 3.22. The van der Waals surface area contributed by atoms with Gasteiger partial charge >= 0.3 is 0 Å². The van der Waals surface area contributed by atoms with Crippen molar-refractivity contribution in [2.45, 2.75) is 52.4 Å². The molecule has 2 unspecified atom stereocenters. The Bertz CT molecular complexity index is 1390. The lowest BCUT2D eigenvalue weighted by atomic mass is 9.75. The number of fused-ring (bicyclic) bond motifs is 2. The van der Waals surface area contributed by atoms with E-state index in [0.717, 1.165) is 60.8 Å². The maximum absolute atomic E-state index is 11.8. The molecule has 3 aliphatic rings. The van der Waals surface area contributed by atoms with Gasteiger partial charge in [-0.3, -0.25) is 9.69 Å². The van der Waals surface area contributed by atoms with Crippen LogP contribution in [0.4, 0.5) is 5.69 Å². The molecule has 0 saturated carbocycles. The summed E-state index contributed by atoms with van der Waals surface area (Å²) in [6.07, 6.45) is 10.3. The highest BCUT2D eigenvalue weighted by atomic mass is 16.5. The van der Waals surface area contributed by atoms with E-state index < -0.39 is 0 Å². The smallest absolute Gasteiger partial charge is 0.221 e. The minimum Gasteiger partial charge on any atom is -0.473 e. The zero-order chi connectivity index (χ0) is 27.9. The lowest BCUT2D eigenvalue weighted by Gasteiger charge is -2.34. The average molecular weight is 537 g/mol. The first-order valence-electron chi connectivity index (χ1n) is 14.6. The Balaban J connectivity index is 0.00000158. The number of nitrogens with zero attached hydrogens (tertiary/aromatic N) is 1. The summed E-state index contributed by atoms with van der Waals surface area (Å²) in [5, 5.41) is 2.97. The first kappa shape index (κ1) is 27.7. The highest BCUT2D eigenvalue weighted by Gasteiger charge is 2.34. The first-order chi connectivity index (χ1) is 19.7. The summed E-state index contributed by atoms with van der Waals surface area (Å²) in [5.41, 5.74) is 6.74. The van der Waals surface area contributed by atoms with Crippen molar-refractivity contribution in [3.63, 3.8) is 0 Å². The van der Waals surface area contributed by atoms with Gasteiger partial charge in [0.15, 0.2) is 0 Å². The molecule has 0 bridgehead atoms. The maximum atomic E-state index is 11.8. The van der Waals surface area contributed by atoms with Crippen LogP contribution < -0.4 is 10.1 Å². The molecule has 0 radical (unpaired) electrons. The van der Waals surface area contributed by atoms with Crippen molar-refractivity contribution < 1.29 is 14.3 Å². The van der Waals surface area contributed by atoms with Crippen LogP contribution in [0, 0.1) is 5.92 Å². The molecule has 0 aromatic heterocycles. The number of anilines is 1. The van der Waals surface area contributed by atoms with E-state index in [1.807, 2.05) is 44.4 Å². The molecule has 5 nitrogen and oxygen atoms in total. The maximum Gasteiger partial charge on any atom is 0.221 e. The molecule has 208 valence electrons. The summed E-state index contributed by atoms with van der Waals surface area (Å²) in [7, 11) is 0. The Morgan fingerprint density at radius 1 is 0.950 bits per heavy atom. The quantitative estimate of drug-likeness (QED) is 0.355. The highest BCUT2D eigenvalue weighted by molar-refractivity contribution is 5.94. The van der Waals surface area contributed by atoms with Gasteiger partial charge < -0.3 is 14.8 Å². The zero-order valence-electron chi connectivity index (χ0n) is 23.9. The zero-order valence-corrected chi connectivity index (χ0v) is 23.9. The van der Waals surface area contributed by atoms with Gasteiger partial charge in [-0.2, -0.15) is 0 Å².